The summed E-state index contributed by atoms with van der Waals surface area (Å²) in [5.41, 5.74) is 4.74. The van der Waals surface area contributed by atoms with Crippen molar-refractivity contribution in [3.05, 3.63) is 0 Å². The van der Waals surface area contributed by atoms with E-state index >= 15 is 0 Å². The Hall–Kier alpha value is -0.120. The largest absolute Gasteiger partial charge is 0.389 e. The summed E-state index contributed by atoms with van der Waals surface area (Å²) >= 11 is 0. The maximum atomic E-state index is 9.62. The minimum Gasteiger partial charge on any atom is -0.389 e. The topological polar surface area (TPSA) is 49.5 Å². The molecule has 0 aromatic carbocycles. The standard InChI is InChI=1S/C9H20N2O/c1-9(12,7-10)5-6-11(2)8-3-4-8/h8,12H,3-7,10H2,1-2H3. The van der Waals surface area contributed by atoms with Gasteiger partial charge in [0.15, 0.2) is 0 Å². The van der Waals surface area contributed by atoms with Crippen LogP contribution in [0.1, 0.15) is 26.2 Å². The molecule has 1 aliphatic carbocycles. The second-order valence-electron chi connectivity index (χ2n) is 4.16. The fraction of sp³-hybridized carbons (Fsp3) is 1.00. The van der Waals surface area contributed by atoms with Gasteiger partial charge in [0.25, 0.3) is 0 Å². The number of nitrogens with two attached hydrogens (primary N) is 1. The van der Waals surface area contributed by atoms with Gasteiger partial charge in [-0.25, -0.2) is 0 Å². The van der Waals surface area contributed by atoms with Crippen LogP contribution < -0.4 is 5.73 Å². The van der Waals surface area contributed by atoms with Crippen LogP contribution in [0.3, 0.4) is 0 Å². The van der Waals surface area contributed by atoms with Crippen molar-refractivity contribution in [3.8, 4) is 0 Å². The van der Waals surface area contributed by atoms with Crippen LogP contribution in [0.15, 0.2) is 0 Å². The van der Waals surface area contributed by atoms with E-state index in [2.05, 4.69) is 11.9 Å². The zero-order valence-electron chi connectivity index (χ0n) is 8.08. The van der Waals surface area contributed by atoms with Crippen LogP contribution in [0.4, 0.5) is 0 Å². The fourth-order valence-corrected chi connectivity index (χ4v) is 1.22. The third kappa shape index (κ3) is 3.09. The van der Waals surface area contributed by atoms with Crippen LogP contribution in [-0.2, 0) is 0 Å². The molecule has 3 nitrogen and oxygen atoms in total. The molecule has 1 aliphatic rings. The Bertz CT molecular complexity index is 143. The molecule has 0 amide bonds. The second-order valence-corrected chi connectivity index (χ2v) is 4.16. The summed E-state index contributed by atoms with van der Waals surface area (Å²) in [6, 6.07) is 0.776. The van der Waals surface area contributed by atoms with E-state index < -0.39 is 5.60 Å². The zero-order valence-corrected chi connectivity index (χ0v) is 8.08. The number of hydrogen-bond donors (Lipinski definition) is 2. The van der Waals surface area contributed by atoms with Gasteiger partial charge in [-0.15, -0.1) is 0 Å². The lowest BCUT2D eigenvalue weighted by molar-refractivity contribution is 0.0497. The molecule has 72 valence electrons. The molecule has 0 heterocycles. The van der Waals surface area contributed by atoms with Gasteiger partial charge in [-0.2, -0.15) is 0 Å². The summed E-state index contributed by atoms with van der Waals surface area (Å²) in [4.78, 5) is 2.31. The molecule has 3 N–H and O–H groups in total. The smallest absolute Gasteiger partial charge is 0.0753 e. The average molecular weight is 172 g/mol. The van der Waals surface area contributed by atoms with Crippen LogP contribution in [0.5, 0.6) is 0 Å². The minimum atomic E-state index is -0.677. The molecule has 1 saturated carbocycles. The lowest BCUT2D eigenvalue weighted by Crippen LogP contribution is -2.38. The van der Waals surface area contributed by atoms with Crippen LogP contribution in [0, 0.1) is 0 Å². The van der Waals surface area contributed by atoms with Crippen LogP contribution >= 0.6 is 0 Å². The van der Waals surface area contributed by atoms with E-state index in [9.17, 15) is 5.11 Å². The molecule has 1 rings (SSSR count). The Morgan fingerprint density at radius 3 is 2.58 bits per heavy atom. The van der Waals surface area contributed by atoms with Crippen molar-refractivity contribution in [2.45, 2.75) is 37.8 Å². The second kappa shape index (κ2) is 3.73. The van der Waals surface area contributed by atoms with Gasteiger partial charge in [0.05, 0.1) is 5.60 Å². The van der Waals surface area contributed by atoms with Crippen molar-refractivity contribution in [1.82, 2.24) is 4.90 Å². The minimum absolute atomic E-state index is 0.353. The van der Waals surface area contributed by atoms with Crippen molar-refractivity contribution in [2.24, 2.45) is 5.73 Å². The first-order valence-electron chi connectivity index (χ1n) is 4.68. The van der Waals surface area contributed by atoms with E-state index in [0.29, 0.717) is 6.54 Å². The highest BCUT2D eigenvalue weighted by molar-refractivity contribution is 4.84. The van der Waals surface area contributed by atoms with Crippen molar-refractivity contribution < 1.29 is 5.11 Å². The summed E-state index contributed by atoms with van der Waals surface area (Å²) in [6.45, 7) is 3.11. The molecule has 0 aromatic rings. The van der Waals surface area contributed by atoms with Crippen LogP contribution in [0.25, 0.3) is 0 Å². The third-order valence-electron chi connectivity index (χ3n) is 2.61. The predicted octanol–water partition coefficient (Wildman–Crippen LogP) is 0.180. The maximum absolute atomic E-state index is 9.62. The Morgan fingerprint density at radius 1 is 1.58 bits per heavy atom. The van der Waals surface area contributed by atoms with Gasteiger partial charge < -0.3 is 15.7 Å². The predicted molar refractivity (Wildman–Crippen MR) is 49.9 cm³/mol. The van der Waals surface area contributed by atoms with Crippen molar-refractivity contribution >= 4 is 0 Å². The van der Waals surface area contributed by atoms with E-state index in [4.69, 9.17) is 5.73 Å². The molecule has 0 saturated heterocycles. The molecular formula is C9H20N2O. The first-order chi connectivity index (χ1) is 5.55. The summed E-state index contributed by atoms with van der Waals surface area (Å²) in [5, 5.41) is 9.62. The van der Waals surface area contributed by atoms with Gasteiger partial charge in [0.2, 0.25) is 0 Å². The van der Waals surface area contributed by atoms with E-state index in [0.717, 1.165) is 19.0 Å². The summed E-state index contributed by atoms with van der Waals surface area (Å²) in [6.07, 6.45) is 3.42. The molecule has 0 bridgehead atoms. The molecule has 1 unspecified atom stereocenters. The first kappa shape index (κ1) is 9.96. The van der Waals surface area contributed by atoms with Gasteiger partial charge in [0.1, 0.15) is 0 Å². The van der Waals surface area contributed by atoms with Gasteiger partial charge >= 0.3 is 0 Å². The highest BCUT2D eigenvalue weighted by Gasteiger charge is 2.27. The SMILES string of the molecule is CN(CCC(C)(O)CN)C1CC1. The van der Waals surface area contributed by atoms with Crippen molar-refractivity contribution in [2.75, 3.05) is 20.1 Å². The fourth-order valence-electron chi connectivity index (χ4n) is 1.22. The molecule has 1 atom stereocenters. The number of hydrogen-bond acceptors (Lipinski definition) is 3. The van der Waals surface area contributed by atoms with Gasteiger partial charge in [-0.1, -0.05) is 0 Å². The highest BCUT2D eigenvalue weighted by Crippen LogP contribution is 2.25. The van der Waals surface area contributed by atoms with Crippen LogP contribution in [-0.4, -0.2) is 41.8 Å². The number of nitrogens with zero attached hydrogens (tertiary/aromatic N) is 1. The molecule has 0 aliphatic heterocycles. The van der Waals surface area contributed by atoms with Crippen molar-refractivity contribution in [3.63, 3.8) is 0 Å². The molecule has 3 heteroatoms. The number of aliphatic hydroxyl groups is 1. The maximum Gasteiger partial charge on any atom is 0.0753 e. The third-order valence-corrected chi connectivity index (χ3v) is 2.61. The Labute approximate surface area is 74.5 Å². The van der Waals surface area contributed by atoms with Crippen LogP contribution in [0.2, 0.25) is 0 Å². The van der Waals surface area contributed by atoms with Gasteiger partial charge in [-0.3, -0.25) is 0 Å². The van der Waals surface area contributed by atoms with Gasteiger partial charge in [-0.05, 0) is 33.2 Å². The van der Waals surface area contributed by atoms with Gasteiger partial charge in [0, 0.05) is 19.1 Å². The molecular weight excluding hydrogens is 152 g/mol. The molecule has 0 radical (unpaired) electrons. The summed E-state index contributed by atoms with van der Waals surface area (Å²) < 4.78 is 0. The lowest BCUT2D eigenvalue weighted by atomic mass is 10.0. The van der Waals surface area contributed by atoms with E-state index in [1.165, 1.54) is 12.8 Å². The molecule has 0 aromatic heterocycles. The Balaban J connectivity index is 2.14. The zero-order chi connectivity index (χ0) is 9.19. The van der Waals surface area contributed by atoms with E-state index in [-0.39, 0.29) is 0 Å². The highest BCUT2D eigenvalue weighted by atomic mass is 16.3. The van der Waals surface area contributed by atoms with Crippen molar-refractivity contribution in [1.29, 1.82) is 0 Å². The normalized spacial score (nSPS) is 22.8. The van der Waals surface area contributed by atoms with E-state index in [1.807, 2.05) is 0 Å². The monoisotopic (exact) mass is 172 g/mol. The first-order valence-corrected chi connectivity index (χ1v) is 4.68. The molecule has 12 heavy (non-hydrogen) atoms. The molecule has 0 spiro atoms. The van der Waals surface area contributed by atoms with E-state index in [1.54, 1.807) is 6.92 Å². The average Bonchev–Trinajstić information content (AvgIpc) is 2.83. The summed E-state index contributed by atoms with van der Waals surface area (Å²) in [7, 11) is 2.12. The quantitative estimate of drug-likeness (QED) is 0.622. The number of rotatable bonds is 5. The molecule has 1 fully saturated rings. The lowest BCUT2D eigenvalue weighted by Gasteiger charge is -2.24. The Morgan fingerprint density at radius 2 is 2.17 bits per heavy atom. The summed E-state index contributed by atoms with van der Waals surface area (Å²) in [5.74, 6) is 0. The Kier molecular flexibility index (Phi) is 3.09.